The van der Waals surface area contributed by atoms with Crippen molar-refractivity contribution in [3.05, 3.63) is 72.6 Å². The van der Waals surface area contributed by atoms with Crippen LogP contribution in [0.15, 0.2) is 66.9 Å². The zero-order valence-corrected chi connectivity index (χ0v) is 15.3. The minimum atomic E-state index is -0.202. The second-order valence-electron chi connectivity index (χ2n) is 6.88. The highest BCUT2D eigenvalue weighted by Gasteiger charge is 2.12. The molecule has 0 unspecified atom stereocenters. The Hall–Kier alpha value is -3.08. The van der Waals surface area contributed by atoms with Crippen LogP contribution < -0.4 is 10.2 Å². The van der Waals surface area contributed by atoms with Crippen LogP contribution in [-0.2, 0) is 0 Å². The number of carbonyl (C=O) groups excluding carboxylic acids is 1. The van der Waals surface area contributed by atoms with Crippen molar-refractivity contribution in [2.24, 2.45) is 0 Å². The standard InChI is InChI=1S/C22H24N4O/c27-22(21-14-17-26(24-21)20-8-4-3-5-9-20)23-18-10-12-19(13-11-18)25-15-6-1-2-7-16-25/h3-5,8-14,17H,1-2,6-7,15-16H2,(H,23,27). The lowest BCUT2D eigenvalue weighted by Gasteiger charge is -2.22. The summed E-state index contributed by atoms with van der Waals surface area (Å²) in [6.45, 7) is 2.23. The first-order chi connectivity index (χ1) is 13.3. The van der Waals surface area contributed by atoms with Gasteiger partial charge in [0.1, 0.15) is 0 Å². The second-order valence-corrected chi connectivity index (χ2v) is 6.88. The highest BCUT2D eigenvalue weighted by molar-refractivity contribution is 6.02. The fourth-order valence-electron chi connectivity index (χ4n) is 3.45. The summed E-state index contributed by atoms with van der Waals surface area (Å²) in [6, 6.07) is 19.6. The smallest absolute Gasteiger partial charge is 0.276 e. The van der Waals surface area contributed by atoms with Crippen LogP contribution in [0.1, 0.15) is 36.2 Å². The molecule has 138 valence electrons. The second kappa shape index (κ2) is 8.08. The molecule has 0 aliphatic carbocycles. The fraction of sp³-hybridized carbons (Fsp3) is 0.273. The largest absolute Gasteiger partial charge is 0.372 e. The van der Waals surface area contributed by atoms with Crippen LogP contribution in [0.3, 0.4) is 0 Å². The van der Waals surface area contributed by atoms with Gasteiger partial charge in [0, 0.05) is 30.7 Å². The molecule has 0 saturated carbocycles. The molecule has 4 rings (SSSR count). The zero-order chi connectivity index (χ0) is 18.5. The van der Waals surface area contributed by atoms with E-state index in [1.165, 1.54) is 31.4 Å². The van der Waals surface area contributed by atoms with Crippen LogP contribution in [0, 0.1) is 0 Å². The van der Waals surface area contributed by atoms with Gasteiger partial charge in [0.2, 0.25) is 0 Å². The van der Waals surface area contributed by atoms with Crippen LogP contribution >= 0.6 is 0 Å². The van der Waals surface area contributed by atoms with E-state index in [4.69, 9.17) is 0 Å². The maximum atomic E-state index is 12.5. The van der Waals surface area contributed by atoms with E-state index in [1.807, 2.05) is 42.5 Å². The van der Waals surface area contributed by atoms with Crippen LogP contribution in [-0.4, -0.2) is 28.8 Å². The van der Waals surface area contributed by atoms with E-state index in [0.717, 1.165) is 24.5 Å². The van der Waals surface area contributed by atoms with Gasteiger partial charge in [-0.1, -0.05) is 31.0 Å². The van der Waals surface area contributed by atoms with Crippen molar-refractivity contribution >= 4 is 17.3 Å². The number of aromatic nitrogens is 2. The SMILES string of the molecule is O=C(Nc1ccc(N2CCCCCC2)cc1)c1ccn(-c2ccccc2)n1. The van der Waals surface area contributed by atoms with Gasteiger partial charge in [0.25, 0.3) is 5.91 Å². The first-order valence-corrected chi connectivity index (χ1v) is 9.57. The molecule has 5 nitrogen and oxygen atoms in total. The lowest BCUT2D eigenvalue weighted by molar-refractivity contribution is 0.102. The molecular formula is C22H24N4O. The summed E-state index contributed by atoms with van der Waals surface area (Å²) in [5.74, 6) is -0.202. The monoisotopic (exact) mass is 360 g/mol. The number of benzene rings is 2. The van der Waals surface area contributed by atoms with E-state index >= 15 is 0 Å². The molecule has 27 heavy (non-hydrogen) atoms. The molecule has 0 atom stereocenters. The van der Waals surface area contributed by atoms with Crippen molar-refractivity contribution in [1.82, 2.24) is 9.78 Å². The van der Waals surface area contributed by atoms with Gasteiger partial charge in [0.15, 0.2) is 5.69 Å². The normalized spacial score (nSPS) is 14.6. The summed E-state index contributed by atoms with van der Waals surface area (Å²) >= 11 is 0. The number of amides is 1. The third kappa shape index (κ3) is 4.19. The van der Waals surface area contributed by atoms with Gasteiger partial charge in [-0.3, -0.25) is 4.79 Å². The molecule has 1 aliphatic heterocycles. The maximum Gasteiger partial charge on any atom is 0.276 e. The molecule has 1 aromatic heterocycles. The van der Waals surface area contributed by atoms with Crippen molar-refractivity contribution in [2.45, 2.75) is 25.7 Å². The van der Waals surface area contributed by atoms with Crippen LogP contribution in [0.2, 0.25) is 0 Å². The van der Waals surface area contributed by atoms with E-state index in [2.05, 4.69) is 27.4 Å². The number of hydrogen-bond donors (Lipinski definition) is 1. The van der Waals surface area contributed by atoms with E-state index < -0.39 is 0 Å². The van der Waals surface area contributed by atoms with Crippen LogP contribution in [0.5, 0.6) is 0 Å². The van der Waals surface area contributed by atoms with Crippen molar-refractivity contribution in [3.8, 4) is 5.69 Å². The Balaban J connectivity index is 1.41. The van der Waals surface area contributed by atoms with Crippen molar-refractivity contribution < 1.29 is 4.79 Å². The zero-order valence-electron chi connectivity index (χ0n) is 15.3. The highest BCUT2D eigenvalue weighted by atomic mass is 16.1. The maximum absolute atomic E-state index is 12.5. The molecule has 0 radical (unpaired) electrons. The third-order valence-electron chi connectivity index (χ3n) is 4.94. The van der Waals surface area contributed by atoms with Crippen LogP contribution in [0.4, 0.5) is 11.4 Å². The number of para-hydroxylation sites is 1. The first kappa shape index (κ1) is 17.3. The van der Waals surface area contributed by atoms with Gasteiger partial charge in [-0.2, -0.15) is 5.10 Å². The predicted molar refractivity (Wildman–Crippen MR) is 109 cm³/mol. The molecule has 0 spiro atoms. The van der Waals surface area contributed by atoms with Crippen molar-refractivity contribution in [1.29, 1.82) is 0 Å². The highest BCUT2D eigenvalue weighted by Crippen LogP contribution is 2.22. The van der Waals surface area contributed by atoms with Crippen LogP contribution in [0.25, 0.3) is 5.69 Å². The molecule has 1 aliphatic rings. The Labute approximate surface area is 159 Å². The Morgan fingerprint density at radius 1 is 0.815 bits per heavy atom. The number of nitrogens with zero attached hydrogens (tertiary/aromatic N) is 3. The summed E-state index contributed by atoms with van der Waals surface area (Å²) in [5.41, 5.74) is 3.34. The molecule has 1 fully saturated rings. The number of anilines is 2. The lowest BCUT2D eigenvalue weighted by Crippen LogP contribution is -2.23. The van der Waals surface area contributed by atoms with Gasteiger partial charge in [-0.15, -0.1) is 0 Å². The molecule has 1 amide bonds. The molecule has 1 saturated heterocycles. The van der Waals surface area contributed by atoms with E-state index in [1.54, 1.807) is 16.9 Å². The Morgan fingerprint density at radius 3 is 2.22 bits per heavy atom. The van der Waals surface area contributed by atoms with Gasteiger partial charge in [0.05, 0.1) is 5.69 Å². The molecule has 0 bridgehead atoms. The summed E-state index contributed by atoms with van der Waals surface area (Å²) < 4.78 is 1.71. The first-order valence-electron chi connectivity index (χ1n) is 9.57. The predicted octanol–water partition coefficient (Wildman–Crippen LogP) is 4.51. The lowest BCUT2D eigenvalue weighted by atomic mass is 10.2. The number of nitrogens with one attached hydrogen (secondary N) is 1. The molecule has 2 aromatic carbocycles. The Morgan fingerprint density at radius 2 is 1.52 bits per heavy atom. The third-order valence-corrected chi connectivity index (χ3v) is 4.94. The number of hydrogen-bond acceptors (Lipinski definition) is 3. The van der Waals surface area contributed by atoms with Crippen molar-refractivity contribution in [2.75, 3.05) is 23.3 Å². The Kier molecular flexibility index (Phi) is 5.19. The van der Waals surface area contributed by atoms with Gasteiger partial charge >= 0.3 is 0 Å². The van der Waals surface area contributed by atoms with E-state index in [-0.39, 0.29) is 5.91 Å². The molecule has 3 aromatic rings. The van der Waals surface area contributed by atoms with Gasteiger partial charge < -0.3 is 10.2 Å². The summed E-state index contributed by atoms with van der Waals surface area (Å²) in [6.07, 6.45) is 6.94. The van der Waals surface area contributed by atoms with Gasteiger partial charge in [-0.05, 0) is 55.3 Å². The molecular weight excluding hydrogens is 336 g/mol. The molecule has 2 heterocycles. The van der Waals surface area contributed by atoms with Crippen molar-refractivity contribution in [3.63, 3.8) is 0 Å². The average Bonchev–Trinajstić information content (AvgIpc) is 3.06. The topological polar surface area (TPSA) is 50.2 Å². The minimum absolute atomic E-state index is 0.202. The fourth-order valence-corrected chi connectivity index (χ4v) is 3.45. The summed E-state index contributed by atoms with van der Waals surface area (Å²) in [5, 5.41) is 7.31. The van der Waals surface area contributed by atoms with E-state index in [0.29, 0.717) is 5.69 Å². The average molecular weight is 360 g/mol. The number of carbonyl (C=O) groups is 1. The number of rotatable bonds is 4. The summed E-state index contributed by atoms with van der Waals surface area (Å²) in [4.78, 5) is 14.9. The summed E-state index contributed by atoms with van der Waals surface area (Å²) in [7, 11) is 0. The minimum Gasteiger partial charge on any atom is -0.372 e. The van der Waals surface area contributed by atoms with E-state index in [9.17, 15) is 4.79 Å². The quantitative estimate of drug-likeness (QED) is 0.745. The molecule has 1 N–H and O–H groups in total. The molecule has 5 heteroatoms. The Bertz CT molecular complexity index is 878. The van der Waals surface area contributed by atoms with Gasteiger partial charge in [-0.25, -0.2) is 4.68 Å².